The molecule has 5 heteroatoms. The fourth-order valence-corrected chi connectivity index (χ4v) is 2.32. The second kappa shape index (κ2) is 4.44. The highest BCUT2D eigenvalue weighted by Gasteiger charge is 2.50. The molecule has 1 saturated carbocycles. The Hall–Kier alpha value is -2.17. The molecule has 5 nitrogen and oxygen atoms in total. The Morgan fingerprint density at radius 3 is 2.50 bits per heavy atom. The van der Waals surface area contributed by atoms with Crippen molar-refractivity contribution in [3.05, 3.63) is 30.6 Å². The van der Waals surface area contributed by atoms with Gasteiger partial charge in [-0.2, -0.15) is 5.10 Å². The largest absolute Gasteiger partial charge is 0.326 e. The Morgan fingerprint density at radius 2 is 2.00 bits per heavy atom. The van der Waals surface area contributed by atoms with Gasteiger partial charge in [-0.1, -0.05) is 13.8 Å². The van der Waals surface area contributed by atoms with Crippen LogP contribution in [0, 0.1) is 11.3 Å². The molecule has 1 N–H and O–H groups in total. The SMILES string of the molecule is Cn1cnc(-c2ccc(NC(=O)[C@H]3CC3(C)C)cc2)n1. The molecule has 3 rings (SSSR count). The number of rotatable bonds is 3. The van der Waals surface area contributed by atoms with E-state index in [-0.39, 0.29) is 17.2 Å². The third-order valence-electron chi connectivity index (χ3n) is 3.84. The summed E-state index contributed by atoms with van der Waals surface area (Å²) in [6.07, 6.45) is 2.63. The summed E-state index contributed by atoms with van der Waals surface area (Å²) < 4.78 is 1.67. The van der Waals surface area contributed by atoms with Crippen molar-refractivity contribution in [2.75, 3.05) is 5.32 Å². The van der Waals surface area contributed by atoms with Gasteiger partial charge in [0.25, 0.3) is 0 Å². The van der Waals surface area contributed by atoms with Crippen LogP contribution in [-0.2, 0) is 11.8 Å². The lowest BCUT2D eigenvalue weighted by molar-refractivity contribution is -0.117. The van der Waals surface area contributed by atoms with Crippen molar-refractivity contribution in [3.63, 3.8) is 0 Å². The summed E-state index contributed by atoms with van der Waals surface area (Å²) in [5, 5.41) is 7.21. The van der Waals surface area contributed by atoms with Crippen molar-refractivity contribution in [1.29, 1.82) is 0 Å². The highest BCUT2D eigenvalue weighted by Crippen LogP contribution is 2.51. The van der Waals surface area contributed by atoms with Gasteiger partial charge in [0.05, 0.1) is 0 Å². The van der Waals surface area contributed by atoms with Crippen LogP contribution in [0.5, 0.6) is 0 Å². The Bertz CT molecular complexity index is 642. The highest BCUT2D eigenvalue weighted by molar-refractivity contribution is 5.95. The van der Waals surface area contributed by atoms with Crippen LogP contribution in [0.3, 0.4) is 0 Å². The zero-order valence-corrected chi connectivity index (χ0v) is 11.9. The van der Waals surface area contributed by atoms with Gasteiger partial charge in [0.1, 0.15) is 6.33 Å². The van der Waals surface area contributed by atoms with Gasteiger partial charge >= 0.3 is 0 Å². The van der Waals surface area contributed by atoms with E-state index in [4.69, 9.17) is 0 Å². The van der Waals surface area contributed by atoms with Crippen LogP contribution >= 0.6 is 0 Å². The summed E-state index contributed by atoms with van der Waals surface area (Å²) in [4.78, 5) is 16.2. The van der Waals surface area contributed by atoms with Gasteiger partial charge < -0.3 is 5.32 Å². The van der Waals surface area contributed by atoms with Crippen molar-refractivity contribution in [2.24, 2.45) is 18.4 Å². The number of aromatic nitrogens is 3. The molecule has 0 saturated heterocycles. The number of carbonyl (C=O) groups excluding carboxylic acids is 1. The van der Waals surface area contributed by atoms with Gasteiger partial charge in [-0.25, -0.2) is 4.98 Å². The van der Waals surface area contributed by atoms with Crippen LogP contribution in [0.15, 0.2) is 30.6 Å². The first-order valence-electron chi connectivity index (χ1n) is 6.73. The van der Waals surface area contributed by atoms with E-state index in [2.05, 4.69) is 29.2 Å². The fourth-order valence-electron chi connectivity index (χ4n) is 2.32. The van der Waals surface area contributed by atoms with Crippen LogP contribution in [0.2, 0.25) is 0 Å². The van der Waals surface area contributed by atoms with E-state index in [0.717, 1.165) is 17.7 Å². The van der Waals surface area contributed by atoms with Gasteiger partial charge in [0, 0.05) is 24.2 Å². The normalized spacial score (nSPS) is 19.6. The number of hydrogen-bond acceptors (Lipinski definition) is 3. The van der Waals surface area contributed by atoms with E-state index in [0.29, 0.717) is 5.82 Å². The predicted octanol–water partition coefficient (Wildman–Crippen LogP) is 2.47. The van der Waals surface area contributed by atoms with Crippen molar-refractivity contribution >= 4 is 11.6 Å². The molecule has 1 atom stereocenters. The van der Waals surface area contributed by atoms with Crippen molar-refractivity contribution in [2.45, 2.75) is 20.3 Å². The maximum atomic E-state index is 12.0. The zero-order valence-electron chi connectivity index (χ0n) is 11.9. The lowest BCUT2D eigenvalue weighted by Gasteiger charge is -2.06. The molecule has 0 unspecified atom stereocenters. The van der Waals surface area contributed by atoms with E-state index in [1.54, 1.807) is 11.0 Å². The second-order valence-electron chi connectivity index (χ2n) is 6.05. The molecule has 1 amide bonds. The highest BCUT2D eigenvalue weighted by atomic mass is 16.2. The number of benzene rings is 1. The molecule has 1 aromatic heterocycles. The minimum Gasteiger partial charge on any atom is -0.326 e. The molecule has 1 heterocycles. The van der Waals surface area contributed by atoms with E-state index < -0.39 is 0 Å². The smallest absolute Gasteiger partial charge is 0.228 e. The molecule has 0 bridgehead atoms. The summed E-state index contributed by atoms with van der Waals surface area (Å²) in [5.74, 6) is 0.937. The average Bonchev–Trinajstić information content (AvgIpc) is 2.83. The molecule has 0 spiro atoms. The Labute approximate surface area is 118 Å². The lowest BCUT2D eigenvalue weighted by Crippen LogP contribution is -2.16. The lowest BCUT2D eigenvalue weighted by atomic mass is 10.1. The predicted molar refractivity (Wildman–Crippen MR) is 77.0 cm³/mol. The zero-order chi connectivity index (χ0) is 14.3. The van der Waals surface area contributed by atoms with Gasteiger partial charge in [-0.15, -0.1) is 0 Å². The second-order valence-corrected chi connectivity index (χ2v) is 6.05. The van der Waals surface area contributed by atoms with E-state index in [1.165, 1.54) is 0 Å². The van der Waals surface area contributed by atoms with Crippen LogP contribution in [0.4, 0.5) is 5.69 Å². The quantitative estimate of drug-likeness (QED) is 0.932. The van der Waals surface area contributed by atoms with Crippen LogP contribution < -0.4 is 5.32 Å². The first kappa shape index (κ1) is 12.8. The standard InChI is InChI=1S/C15H18N4O/c1-15(2)8-12(15)14(20)17-11-6-4-10(5-7-11)13-16-9-19(3)18-13/h4-7,9,12H,8H2,1-3H3,(H,17,20)/t12-/m1/s1. The molecule has 1 aliphatic rings. The Balaban J connectivity index is 1.69. The first-order chi connectivity index (χ1) is 9.45. The molecular formula is C15H18N4O. The minimum atomic E-state index is 0.110. The molecular weight excluding hydrogens is 252 g/mol. The Morgan fingerprint density at radius 1 is 1.35 bits per heavy atom. The number of carbonyl (C=O) groups is 1. The maximum absolute atomic E-state index is 12.0. The number of nitrogens with zero attached hydrogens (tertiary/aromatic N) is 3. The van der Waals surface area contributed by atoms with Gasteiger partial charge in [0.15, 0.2) is 5.82 Å². The molecule has 104 valence electrons. The fraction of sp³-hybridized carbons (Fsp3) is 0.400. The van der Waals surface area contributed by atoms with Crippen LogP contribution in [-0.4, -0.2) is 20.7 Å². The minimum absolute atomic E-state index is 0.110. The molecule has 2 aromatic rings. The summed E-state index contributed by atoms with van der Waals surface area (Å²) in [7, 11) is 1.84. The molecule has 0 aliphatic heterocycles. The molecule has 1 fully saturated rings. The maximum Gasteiger partial charge on any atom is 0.228 e. The van der Waals surface area contributed by atoms with E-state index >= 15 is 0 Å². The molecule has 0 radical (unpaired) electrons. The average molecular weight is 270 g/mol. The van der Waals surface area contributed by atoms with Crippen LogP contribution in [0.25, 0.3) is 11.4 Å². The third kappa shape index (κ3) is 2.43. The third-order valence-corrected chi connectivity index (χ3v) is 3.84. The van der Waals surface area contributed by atoms with Gasteiger partial charge in [-0.3, -0.25) is 9.48 Å². The van der Waals surface area contributed by atoms with Crippen LogP contribution in [0.1, 0.15) is 20.3 Å². The molecule has 1 aromatic carbocycles. The van der Waals surface area contributed by atoms with Crippen molar-refractivity contribution < 1.29 is 4.79 Å². The number of anilines is 1. The monoisotopic (exact) mass is 270 g/mol. The first-order valence-corrected chi connectivity index (χ1v) is 6.73. The topological polar surface area (TPSA) is 59.8 Å². The summed E-state index contributed by atoms with van der Waals surface area (Å²) >= 11 is 0. The van der Waals surface area contributed by atoms with Crippen molar-refractivity contribution in [3.8, 4) is 11.4 Å². The summed E-state index contributed by atoms with van der Waals surface area (Å²) in [6, 6.07) is 7.62. The molecule has 1 aliphatic carbocycles. The van der Waals surface area contributed by atoms with Gasteiger partial charge in [0.2, 0.25) is 5.91 Å². The molecule has 20 heavy (non-hydrogen) atoms. The summed E-state index contributed by atoms with van der Waals surface area (Å²) in [5.41, 5.74) is 1.91. The van der Waals surface area contributed by atoms with Crippen molar-refractivity contribution in [1.82, 2.24) is 14.8 Å². The number of aryl methyl sites for hydroxylation is 1. The van der Waals surface area contributed by atoms with E-state index in [9.17, 15) is 4.79 Å². The number of hydrogen-bond donors (Lipinski definition) is 1. The Kier molecular flexibility index (Phi) is 2.85. The van der Waals surface area contributed by atoms with Gasteiger partial charge in [-0.05, 0) is 36.1 Å². The summed E-state index contributed by atoms with van der Waals surface area (Å²) in [6.45, 7) is 4.24. The van der Waals surface area contributed by atoms with E-state index in [1.807, 2.05) is 31.3 Å². The number of nitrogens with one attached hydrogen (secondary N) is 1. The number of amides is 1.